The van der Waals surface area contributed by atoms with E-state index in [4.69, 9.17) is 0 Å². The number of hydrogen-bond donors (Lipinski definition) is 2. The van der Waals surface area contributed by atoms with E-state index in [2.05, 4.69) is 15.4 Å². The number of carbonyl (C=O) groups is 2. The molecule has 1 aliphatic rings. The van der Waals surface area contributed by atoms with Crippen molar-refractivity contribution in [3.05, 3.63) is 0 Å². The van der Waals surface area contributed by atoms with Gasteiger partial charge in [-0.25, -0.2) is 4.79 Å². The van der Waals surface area contributed by atoms with Gasteiger partial charge in [-0.05, 0) is 26.7 Å². The molecule has 0 aromatic carbocycles. The summed E-state index contributed by atoms with van der Waals surface area (Å²) in [4.78, 5) is 22.0. The van der Waals surface area contributed by atoms with Crippen LogP contribution in [0.2, 0.25) is 0 Å². The van der Waals surface area contributed by atoms with Crippen LogP contribution in [-0.4, -0.2) is 30.7 Å². The van der Waals surface area contributed by atoms with Gasteiger partial charge in [-0.1, -0.05) is 0 Å². The lowest BCUT2D eigenvalue weighted by atomic mass is 10.3. The number of nitrogens with one attached hydrogen (secondary N) is 2. The third kappa shape index (κ3) is 3.64. The molecule has 0 spiro atoms. The number of hydrogen-bond acceptors (Lipinski definition) is 3. The molecule has 0 aromatic heterocycles. The fourth-order valence-electron chi connectivity index (χ4n) is 0.995. The molecule has 0 saturated heterocycles. The van der Waals surface area contributed by atoms with Crippen molar-refractivity contribution in [2.24, 2.45) is 0 Å². The van der Waals surface area contributed by atoms with Crippen LogP contribution in [0.25, 0.3) is 0 Å². The van der Waals surface area contributed by atoms with Gasteiger partial charge in [0.1, 0.15) is 6.54 Å². The fraction of sp³-hybridized carbons (Fsp3) is 0.778. The Bertz CT molecular complexity index is 236. The van der Waals surface area contributed by atoms with Gasteiger partial charge in [0.15, 0.2) is 0 Å². The first-order valence-corrected chi connectivity index (χ1v) is 4.77. The normalized spacial score (nSPS) is 17.0. The largest absolute Gasteiger partial charge is 0.465 e. The Kier molecular flexibility index (Phi) is 3.33. The summed E-state index contributed by atoms with van der Waals surface area (Å²) in [6, 6.07) is -0.307. The van der Waals surface area contributed by atoms with Crippen LogP contribution in [0.1, 0.15) is 26.7 Å². The number of rotatable bonds is 4. The Hall–Kier alpha value is -1.26. The highest BCUT2D eigenvalue weighted by atomic mass is 16.5. The molecule has 1 fully saturated rings. The molecule has 80 valence electrons. The topological polar surface area (TPSA) is 67.4 Å². The van der Waals surface area contributed by atoms with Crippen molar-refractivity contribution in [1.29, 1.82) is 0 Å². The van der Waals surface area contributed by atoms with Crippen LogP contribution in [0, 0.1) is 0 Å². The van der Waals surface area contributed by atoms with Gasteiger partial charge in [0.25, 0.3) is 0 Å². The first-order chi connectivity index (χ1) is 6.56. The Morgan fingerprint density at radius 1 is 1.43 bits per heavy atom. The molecule has 1 aliphatic carbocycles. The van der Waals surface area contributed by atoms with Gasteiger partial charge >= 0.3 is 12.0 Å². The molecule has 1 rings (SSSR count). The summed E-state index contributed by atoms with van der Waals surface area (Å²) in [5.74, 6) is -0.413. The maximum atomic E-state index is 11.2. The zero-order chi connectivity index (χ0) is 10.6. The summed E-state index contributed by atoms with van der Waals surface area (Å²) in [5, 5.41) is 5.21. The van der Waals surface area contributed by atoms with Crippen LogP contribution in [0.5, 0.6) is 0 Å². The number of urea groups is 1. The molecule has 0 unspecified atom stereocenters. The standard InChI is InChI=1S/C9H16N2O3/c1-3-14-7(12)6-10-8(13)11-9(2)4-5-9/h3-6H2,1-2H3,(H2,10,11,13). The van der Waals surface area contributed by atoms with Crippen molar-refractivity contribution < 1.29 is 14.3 Å². The second-order valence-electron chi connectivity index (χ2n) is 3.67. The van der Waals surface area contributed by atoms with E-state index in [1.54, 1.807) is 6.92 Å². The summed E-state index contributed by atoms with van der Waals surface area (Å²) in [5.41, 5.74) is -0.0568. The first-order valence-electron chi connectivity index (χ1n) is 4.77. The SMILES string of the molecule is CCOC(=O)CNC(=O)NC1(C)CC1. The average molecular weight is 200 g/mol. The maximum absolute atomic E-state index is 11.2. The molecule has 2 N–H and O–H groups in total. The Morgan fingerprint density at radius 2 is 2.07 bits per heavy atom. The summed E-state index contributed by atoms with van der Waals surface area (Å²) in [6.45, 7) is 3.95. The average Bonchev–Trinajstić information content (AvgIpc) is 2.80. The van der Waals surface area contributed by atoms with E-state index < -0.39 is 5.97 Å². The lowest BCUT2D eigenvalue weighted by Crippen LogP contribution is -2.44. The van der Waals surface area contributed by atoms with Gasteiger partial charge in [-0.15, -0.1) is 0 Å². The molecule has 5 heteroatoms. The number of amides is 2. The summed E-state index contributed by atoms with van der Waals surface area (Å²) < 4.78 is 4.66. The van der Waals surface area contributed by atoms with Gasteiger partial charge < -0.3 is 15.4 Å². The highest BCUT2D eigenvalue weighted by Crippen LogP contribution is 2.33. The second kappa shape index (κ2) is 4.30. The monoisotopic (exact) mass is 200 g/mol. The fourth-order valence-corrected chi connectivity index (χ4v) is 0.995. The zero-order valence-electron chi connectivity index (χ0n) is 8.55. The summed E-state index contributed by atoms with van der Waals surface area (Å²) in [7, 11) is 0. The molecule has 1 saturated carbocycles. The van der Waals surface area contributed by atoms with E-state index in [-0.39, 0.29) is 18.1 Å². The third-order valence-corrected chi connectivity index (χ3v) is 2.11. The second-order valence-corrected chi connectivity index (χ2v) is 3.67. The van der Waals surface area contributed by atoms with Crippen LogP contribution in [0.3, 0.4) is 0 Å². The van der Waals surface area contributed by atoms with Crippen molar-refractivity contribution in [2.75, 3.05) is 13.2 Å². The van der Waals surface area contributed by atoms with E-state index >= 15 is 0 Å². The van der Waals surface area contributed by atoms with Crippen LogP contribution in [-0.2, 0) is 9.53 Å². The molecule has 14 heavy (non-hydrogen) atoms. The summed E-state index contributed by atoms with van der Waals surface area (Å²) >= 11 is 0. The maximum Gasteiger partial charge on any atom is 0.325 e. The molecule has 2 amide bonds. The predicted octanol–water partition coefficient (Wildman–Crippen LogP) is 0.401. The van der Waals surface area contributed by atoms with Gasteiger partial charge in [0.05, 0.1) is 6.61 Å². The highest BCUT2D eigenvalue weighted by molar-refractivity contribution is 5.81. The number of ether oxygens (including phenoxy) is 1. The third-order valence-electron chi connectivity index (χ3n) is 2.11. The summed E-state index contributed by atoms with van der Waals surface area (Å²) in [6.07, 6.45) is 2.00. The predicted molar refractivity (Wildman–Crippen MR) is 50.8 cm³/mol. The first kappa shape index (κ1) is 10.8. The van der Waals surface area contributed by atoms with Crippen LogP contribution >= 0.6 is 0 Å². The molecule has 0 radical (unpaired) electrons. The lowest BCUT2D eigenvalue weighted by molar-refractivity contribution is -0.141. The van der Waals surface area contributed by atoms with Gasteiger partial charge in [-0.2, -0.15) is 0 Å². The van der Waals surface area contributed by atoms with Crippen molar-refractivity contribution in [3.63, 3.8) is 0 Å². The molecule has 0 heterocycles. The minimum atomic E-state index is -0.413. The highest BCUT2D eigenvalue weighted by Gasteiger charge is 2.38. The van der Waals surface area contributed by atoms with E-state index in [1.807, 2.05) is 6.92 Å². The van der Waals surface area contributed by atoms with Gasteiger partial charge in [-0.3, -0.25) is 4.79 Å². The zero-order valence-corrected chi connectivity index (χ0v) is 8.55. The van der Waals surface area contributed by atoms with E-state index in [0.29, 0.717) is 6.61 Å². The van der Waals surface area contributed by atoms with Crippen LogP contribution in [0.4, 0.5) is 4.79 Å². The smallest absolute Gasteiger partial charge is 0.325 e. The molecule has 0 atom stereocenters. The number of carbonyl (C=O) groups excluding carboxylic acids is 2. The van der Waals surface area contributed by atoms with Crippen molar-refractivity contribution in [2.45, 2.75) is 32.2 Å². The van der Waals surface area contributed by atoms with Gasteiger partial charge in [0, 0.05) is 5.54 Å². The quantitative estimate of drug-likeness (QED) is 0.645. The Balaban J connectivity index is 2.11. The van der Waals surface area contributed by atoms with Gasteiger partial charge in [0.2, 0.25) is 0 Å². The van der Waals surface area contributed by atoms with Crippen molar-refractivity contribution in [1.82, 2.24) is 10.6 Å². The molecule has 0 aliphatic heterocycles. The molecular formula is C9H16N2O3. The molecule has 0 bridgehead atoms. The molecular weight excluding hydrogens is 184 g/mol. The van der Waals surface area contributed by atoms with Crippen LogP contribution in [0.15, 0.2) is 0 Å². The lowest BCUT2D eigenvalue weighted by Gasteiger charge is -2.11. The van der Waals surface area contributed by atoms with E-state index in [1.165, 1.54) is 0 Å². The molecule has 0 aromatic rings. The minimum absolute atomic E-state index is 0.0568. The molecule has 5 nitrogen and oxygen atoms in total. The minimum Gasteiger partial charge on any atom is -0.465 e. The van der Waals surface area contributed by atoms with E-state index in [0.717, 1.165) is 12.8 Å². The van der Waals surface area contributed by atoms with Crippen molar-refractivity contribution in [3.8, 4) is 0 Å². The number of esters is 1. The van der Waals surface area contributed by atoms with Crippen molar-refractivity contribution >= 4 is 12.0 Å². The van der Waals surface area contributed by atoms with E-state index in [9.17, 15) is 9.59 Å². The van der Waals surface area contributed by atoms with Crippen LogP contribution < -0.4 is 10.6 Å². The Morgan fingerprint density at radius 3 is 2.57 bits per heavy atom. The Labute approximate surface area is 83.2 Å².